The highest BCUT2D eigenvalue weighted by atomic mass is 31.2. The van der Waals surface area contributed by atoms with E-state index in [9.17, 15) is 4.89 Å². The van der Waals surface area contributed by atoms with Gasteiger partial charge in [-0.2, -0.15) is 13.9 Å². The predicted molar refractivity (Wildman–Crippen MR) is 50.0 cm³/mol. The summed E-state index contributed by atoms with van der Waals surface area (Å²) < 4.78 is 10.6. The molecule has 1 aliphatic heterocycles. The SMILES string of the molecule is CCC1(CC)CO[P+](C)(O)OC1. The highest BCUT2D eigenvalue weighted by Gasteiger charge is 2.46. The Morgan fingerprint density at radius 2 is 1.67 bits per heavy atom. The van der Waals surface area contributed by atoms with E-state index >= 15 is 0 Å². The fraction of sp³-hybridized carbons (Fsp3) is 1.00. The van der Waals surface area contributed by atoms with Crippen molar-refractivity contribution in [2.45, 2.75) is 26.7 Å². The average Bonchev–Trinajstić information content (AvgIpc) is 2.06. The molecule has 0 radical (unpaired) electrons. The maximum Gasteiger partial charge on any atom is 0.405 e. The van der Waals surface area contributed by atoms with E-state index in [0.717, 1.165) is 12.8 Å². The summed E-state index contributed by atoms with van der Waals surface area (Å²) in [5.41, 5.74) is 0.141. The van der Waals surface area contributed by atoms with Gasteiger partial charge in [-0.05, 0) is 12.8 Å². The molecule has 0 atom stereocenters. The molecule has 3 nitrogen and oxygen atoms in total. The van der Waals surface area contributed by atoms with E-state index in [-0.39, 0.29) is 5.41 Å². The number of hydrogen-bond donors (Lipinski definition) is 1. The summed E-state index contributed by atoms with van der Waals surface area (Å²) in [5, 5.41) is 0. The maximum atomic E-state index is 9.46. The molecule has 12 heavy (non-hydrogen) atoms. The van der Waals surface area contributed by atoms with E-state index in [2.05, 4.69) is 13.8 Å². The first-order valence-electron chi connectivity index (χ1n) is 4.42. The van der Waals surface area contributed by atoms with Crippen molar-refractivity contribution in [3.63, 3.8) is 0 Å². The van der Waals surface area contributed by atoms with Crippen molar-refractivity contribution in [3.8, 4) is 0 Å². The summed E-state index contributed by atoms with van der Waals surface area (Å²) in [7, 11) is -2.44. The summed E-state index contributed by atoms with van der Waals surface area (Å²) in [4.78, 5) is 9.46. The van der Waals surface area contributed by atoms with Crippen LogP contribution in [0.2, 0.25) is 0 Å². The van der Waals surface area contributed by atoms with Gasteiger partial charge in [0.1, 0.15) is 19.9 Å². The van der Waals surface area contributed by atoms with Crippen LogP contribution in [0.4, 0.5) is 0 Å². The van der Waals surface area contributed by atoms with Crippen molar-refractivity contribution in [1.82, 2.24) is 0 Å². The Morgan fingerprint density at radius 3 is 2.00 bits per heavy atom. The van der Waals surface area contributed by atoms with E-state index in [0.29, 0.717) is 13.2 Å². The van der Waals surface area contributed by atoms with Crippen LogP contribution in [-0.2, 0) is 9.05 Å². The van der Waals surface area contributed by atoms with Crippen molar-refractivity contribution < 1.29 is 13.9 Å². The van der Waals surface area contributed by atoms with Crippen LogP contribution in [0, 0.1) is 5.41 Å². The molecule has 0 amide bonds. The summed E-state index contributed by atoms with van der Waals surface area (Å²) in [6.07, 6.45) is 2.09. The molecule has 0 bridgehead atoms. The minimum absolute atomic E-state index is 0.141. The molecular weight excluding hydrogens is 175 g/mol. The molecule has 0 aromatic heterocycles. The first-order chi connectivity index (χ1) is 5.54. The molecule has 0 unspecified atom stereocenters. The van der Waals surface area contributed by atoms with Gasteiger partial charge in [-0.25, -0.2) is 0 Å². The van der Waals surface area contributed by atoms with Crippen LogP contribution in [0.1, 0.15) is 26.7 Å². The second kappa shape index (κ2) is 3.59. The third-order valence-electron chi connectivity index (χ3n) is 2.72. The molecule has 0 saturated carbocycles. The predicted octanol–water partition coefficient (Wildman–Crippen LogP) is 2.22. The Morgan fingerprint density at radius 1 is 1.25 bits per heavy atom. The Hall–Kier alpha value is 0.310. The van der Waals surface area contributed by atoms with Gasteiger partial charge in [0.2, 0.25) is 0 Å². The van der Waals surface area contributed by atoms with Crippen LogP contribution in [0.15, 0.2) is 0 Å². The second-order valence-corrected chi connectivity index (χ2v) is 5.68. The van der Waals surface area contributed by atoms with Gasteiger partial charge in [0.05, 0.1) is 0 Å². The summed E-state index contributed by atoms with van der Waals surface area (Å²) in [6.45, 7) is 7.19. The number of hydrogen-bond acceptors (Lipinski definition) is 3. The lowest BCUT2D eigenvalue weighted by molar-refractivity contribution is 0.000575. The Balaban J connectivity index is 2.53. The summed E-state index contributed by atoms with van der Waals surface area (Å²) in [6, 6.07) is 0. The maximum absolute atomic E-state index is 9.46. The zero-order chi connectivity index (χ0) is 9.24. The average molecular weight is 193 g/mol. The molecule has 0 aliphatic carbocycles. The van der Waals surface area contributed by atoms with E-state index in [1.165, 1.54) is 0 Å². The van der Waals surface area contributed by atoms with Crippen LogP contribution in [-0.4, -0.2) is 24.8 Å². The zero-order valence-electron chi connectivity index (χ0n) is 8.04. The smallest absolute Gasteiger partial charge is 0.193 e. The fourth-order valence-electron chi connectivity index (χ4n) is 1.25. The van der Waals surface area contributed by atoms with Crippen molar-refractivity contribution in [2.24, 2.45) is 5.41 Å². The second-order valence-electron chi connectivity index (χ2n) is 3.56. The standard InChI is InChI=1S/C8H18O3P/c1-4-8(5-2)6-10-12(3,9)11-7-8/h9H,4-7H2,1-3H3/q+1. The molecule has 0 aromatic carbocycles. The first kappa shape index (κ1) is 10.4. The van der Waals surface area contributed by atoms with E-state index in [1.807, 2.05) is 0 Å². The quantitative estimate of drug-likeness (QED) is 0.683. The molecule has 1 fully saturated rings. The van der Waals surface area contributed by atoms with Gasteiger partial charge in [0.15, 0.2) is 0 Å². The van der Waals surface area contributed by atoms with Crippen LogP contribution in [0.3, 0.4) is 0 Å². The van der Waals surface area contributed by atoms with Gasteiger partial charge in [-0.3, -0.25) is 0 Å². The lowest BCUT2D eigenvalue weighted by Crippen LogP contribution is -2.35. The molecule has 1 N–H and O–H groups in total. The van der Waals surface area contributed by atoms with Gasteiger partial charge < -0.3 is 0 Å². The van der Waals surface area contributed by atoms with Gasteiger partial charge in [0, 0.05) is 5.41 Å². The minimum Gasteiger partial charge on any atom is -0.193 e. The largest absolute Gasteiger partial charge is 0.405 e. The third-order valence-corrected chi connectivity index (χ3v) is 3.94. The fourth-order valence-corrected chi connectivity index (χ4v) is 2.35. The topological polar surface area (TPSA) is 38.7 Å². The summed E-state index contributed by atoms with van der Waals surface area (Å²) in [5.74, 6) is 0. The van der Waals surface area contributed by atoms with Gasteiger partial charge in [0.25, 0.3) is 0 Å². The van der Waals surface area contributed by atoms with E-state index in [4.69, 9.17) is 9.05 Å². The zero-order valence-corrected chi connectivity index (χ0v) is 8.93. The Bertz CT molecular complexity index is 142. The number of rotatable bonds is 2. The lowest BCUT2D eigenvalue weighted by atomic mass is 9.84. The van der Waals surface area contributed by atoms with Crippen LogP contribution < -0.4 is 0 Å². The van der Waals surface area contributed by atoms with Crippen LogP contribution in [0.25, 0.3) is 0 Å². The van der Waals surface area contributed by atoms with Crippen LogP contribution in [0.5, 0.6) is 0 Å². The molecule has 1 aliphatic rings. The molecule has 0 aromatic rings. The highest BCUT2D eigenvalue weighted by molar-refractivity contribution is 7.59. The molecule has 1 rings (SSSR count). The molecule has 0 spiro atoms. The van der Waals surface area contributed by atoms with Crippen molar-refractivity contribution >= 4 is 7.94 Å². The minimum atomic E-state index is -2.44. The third kappa shape index (κ3) is 2.17. The normalized spacial score (nSPS) is 27.0. The van der Waals surface area contributed by atoms with E-state index in [1.54, 1.807) is 6.66 Å². The Labute approximate surface area is 74.7 Å². The molecule has 4 heteroatoms. The van der Waals surface area contributed by atoms with Gasteiger partial charge in [-0.15, -0.1) is 0 Å². The molecular formula is C8H18O3P+. The van der Waals surface area contributed by atoms with Crippen LogP contribution >= 0.6 is 7.94 Å². The Kier molecular flexibility index (Phi) is 3.11. The molecule has 72 valence electrons. The van der Waals surface area contributed by atoms with Crippen molar-refractivity contribution in [3.05, 3.63) is 0 Å². The summed E-state index contributed by atoms with van der Waals surface area (Å²) >= 11 is 0. The first-order valence-corrected chi connectivity index (χ1v) is 6.44. The highest BCUT2D eigenvalue weighted by Crippen LogP contribution is 2.58. The van der Waals surface area contributed by atoms with E-state index < -0.39 is 7.94 Å². The van der Waals surface area contributed by atoms with Crippen molar-refractivity contribution in [1.29, 1.82) is 0 Å². The molecule has 1 heterocycles. The molecule has 1 saturated heterocycles. The van der Waals surface area contributed by atoms with Crippen molar-refractivity contribution in [2.75, 3.05) is 19.9 Å². The van der Waals surface area contributed by atoms with Gasteiger partial charge in [-0.1, -0.05) is 13.8 Å². The monoisotopic (exact) mass is 193 g/mol. The lowest BCUT2D eigenvalue weighted by Gasteiger charge is -2.34. The van der Waals surface area contributed by atoms with Gasteiger partial charge >= 0.3 is 7.94 Å².